The summed E-state index contributed by atoms with van der Waals surface area (Å²) in [5.74, 6) is 0.581. The van der Waals surface area contributed by atoms with Gasteiger partial charge in [0.15, 0.2) is 5.78 Å². The Bertz CT molecular complexity index is 633. The number of ether oxygens (including phenoxy) is 1. The van der Waals surface area contributed by atoms with Crippen molar-refractivity contribution in [2.45, 2.75) is 13.8 Å². The van der Waals surface area contributed by atoms with Gasteiger partial charge in [-0.05, 0) is 37.1 Å². The van der Waals surface area contributed by atoms with Crippen molar-refractivity contribution in [1.82, 2.24) is 0 Å². The molecular formula is C16H15ClO2. The van der Waals surface area contributed by atoms with Gasteiger partial charge < -0.3 is 4.74 Å². The van der Waals surface area contributed by atoms with Crippen LogP contribution in [0.4, 0.5) is 0 Å². The molecule has 3 heteroatoms. The molecule has 2 aromatic rings. The van der Waals surface area contributed by atoms with Crippen LogP contribution in [-0.2, 0) is 0 Å². The van der Waals surface area contributed by atoms with E-state index in [1.54, 1.807) is 25.3 Å². The molecule has 0 unspecified atom stereocenters. The Hall–Kier alpha value is -1.80. The number of rotatable bonds is 3. The van der Waals surface area contributed by atoms with Gasteiger partial charge in [-0.25, -0.2) is 0 Å². The Labute approximate surface area is 118 Å². The van der Waals surface area contributed by atoms with E-state index in [9.17, 15) is 4.79 Å². The summed E-state index contributed by atoms with van der Waals surface area (Å²) >= 11 is 6.26. The molecule has 98 valence electrons. The standard InChI is InChI=1S/C16H15ClO2/c1-10-7-8-11(2)15(17)14(10)16(18)12-5-4-6-13(9-12)19-3/h4-9H,1-3H3. The minimum atomic E-state index is -0.0786. The quantitative estimate of drug-likeness (QED) is 0.784. The molecule has 0 aliphatic heterocycles. The molecule has 0 saturated carbocycles. The molecule has 0 bridgehead atoms. The summed E-state index contributed by atoms with van der Waals surface area (Å²) in [6.45, 7) is 3.78. The molecule has 0 aromatic heterocycles. The molecule has 2 rings (SSSR count). The van der Waals surface area contributed by atoms with E-state index in [1.165, 1.54) is 0 Å². The molecule has 0 N–H and O–H groups in total. The van der Waals surface area contributed by atoms with Crippen LogP contribution >= 0.6 is 11.6 Å². The highest BCUT2D eigenvalue weighted by Gasteiger charge is 2.17. The second-order valence-electron chi connectivity index (χ2n) is 4.45. The Kier molecular flexibility index (Phi) is 3.91. The summed E-state index contributed by atoms with van der Waals surface area (Å²) in [5.41, 5.74) is 2.92. The van der Waals surface area contributed by atoms with Crippen LogP contribution in [0.5, 0.6) is 5.75 Å². The predicted octanol–water partition coefficient (Wildman–Crippen LogP) is 4.20. The van der Waals surface area contributed by atoms with Crippen molar-refractivity contribution >= 4 is 17.4 Å². The molecule has 0 heterocycles. The number of ketones is 1. The van der Waals surface area contributed by atoms with E-state index < -0.39 is 0 Å². The average Bonchev–Trinajstić information content (AvgIpc) is 2.43. The lowest BCUT2D eigenvalue weighted by atomic mass is 9.97. The predicted molar refractivity (Wildman–Crippen MR) is 77.4 cm³/mol. The highest BCUT2D eigenvalue weighted by atomic mass is 35.5. The third-order valence-corrected chi connectivity index (χ3v) is 3.59. The van der Waals surface area contributed by atoms with Crippen molar-refractivity contribution in [3.63, 3.8) is 0 Å². The van der Waals surface area contributed by atoms with Crippen LogP contribution in [-0.4, -0.2) is 12.9 Å². The van der Waals surface area contributed by atoms with Gasteiger partial charge in [-0.3, -0.25) is 4.79 Å². The zero-order valence-electron chi connectivity index (χ0n) is 11.2. The van der Waals surface area contributed by atoms with Crippen molar-refractivity contribution in [3.8, 4) is 5.75 Å². The SMILES string of the molecule is COc1cccc(C(=O)c2c(C)ccc(C)c2Cl)c1. The highest BCUT2D eigenvalue weighted by molar-refractivity contribution is 6.36. The number of benzene rings is 2. The minimum Gasteiger partial charge on any atom is -0.497 e. The first kappa shape index (κ1) is 13.6. The highest BCUT2D eigenvalue weighted by Crippen LogP contribution is 2.27. The fraction of sp³-hybridized carbons (Fsp3) is 0.188. The zero-order chi connectivity index (χ0) is 14.0. The number of methoxy groups -OCH3 is 1. The second-order valence-corrected chi connectivity index (χ2v) is 4.83. The molecule has 0 aliphatic carbocycles. The van der Waals surface area contributed by atoms with Crippen LogP contribution in [0.15, 0.2) is 36.4 Å². The van der Waals surface area contributed by atoms with Crippen LogP contribution < -0.4 is 4.74 Å². The van der Waals surface area contributed by atoms with Crippen molar-refractivity contribution in [2.24, 2.45) is 0 Å². The summed E-state index contributed by atoms with van der Waals surface area (Å²) in [6, 6.07) is 10.9. The molecule has 0 atom stereocenters. The molecule has 0 amide bonds. The first-order valence-corrected chi connectivity index (χ1v) is 6.37. The molecule has 0 fully saturated rings. The monoisotopic (exact) mass is 274 g/mol. The topological polar surface area (TPSA) is 26.3 Å². The Morgan fingerprint density at radius 3 is 2.47 bits per heavy atom. The summed E-state index contributed by atoms with van der Waals surface area (Å²) in [4.78, 5) is 12.6. The van der Waals surface area contributed by atoms with Gasteiger partial charge in [-0.2, -0.15) is 0 Å². The fourth-order valence-corrected chi connectivity index (χ4v) is 2.26. The summed E-state index contributed by atoms with van der Waals surface area (Å²) in [7, 11) is 1.58. The maximum absolute atomic E-state index is 12.6. The minimum absolute atomic E-state index is 0.0786. The smallest absolute Gasteiger partial charge is 0.194 e. The lowest BCUT2D eigenvalue weighted by Gasteiger charge is -2.10. The summed E-state index contributed by atoms with van der Waals surface area (Å²) < 4.78 is 5.14. The van der Waals surface area contributed by atoms with Gasteiger partial charge in [0.05, 0.1) is 12.1 Å². The normalized spacial score (nSPS) is 10.3. The van der Waals surface area contributed by atoms with E-state index in [1.807, 2.05) is 32.0 Å². The molecule has 0 spiro atoms. The largest absolute Gasteiger partial charge is 0.497 e. The van der Waals surface area contributed by atoms with Gasteiger partial charge in [-0.15, -0.1) is 0 Å². The van der Waals surface area contributed by atoms with Crippen LogP contribution in [0.3, 0.4) is 0 Å². The van der Waals surface area contributed by atoms with Crippen LogP contribution in [0.2, 0.25) is 5.02 Å². The van der Waals surface area contributed by atoms with Gasteiger partial charge in [-0.1, -0.05) is 35.9 Å². The van der Waals surface area contributed by atoms with E-state index in [-0.39, 0.29) is 5.78 Å². The first-order chi connectivity index (χ1) is 9.04. The van der Waals surface area contributed by atoms with Crippen LogP contribution in [0, 0.1) is 13.8 Å². The molecule has 19 heavy (non-hydrogen) atoms. The van der Waals surface area contributed by atoms with E-state index >= 15 is 0 Å². The van der Waals surface area contributed by atoms with E-state index in [0.29, 0.717) is 21.9 Å². The summed E-state index contributed by atoms with van der Waals surface area (Å²) in [5, 5.41) is 0.521. The maximum atomic E-state index is 12.6. The maximum Gasteiger partial charge on any atom is 0.194 e. The van der Waals surface area contributed by atoms with Gasteiger partial charge in [0.25, 0.3) is 0 Å². The van der Waals surface area contributed by atoms with Gasteiger partial charge in [0, 0.05) is 11.1 Å². The molecule has 0 radical (unpaired) electrons. The van der Waals surface area contributed by atoms with Gasteiger partial charge in [0.1, 0.15) is 5.75 Å². The zero-order valence-corrected chi connectivity index (χ0v) is 11.9. The van der Waals surface area contributed by atoms with Crippen molar-refractivity contribution in [3.05, 3.63) is 63.7 Å². The lowest BCUT2D eigenvalue weighted by Crippen LogP contribution is -2.06. The van der Waals surface area contributed by atoms with Crippen LogP contribution in [0.1, 0.15) is 27.0 Å². The van der Waals surface area contributed by atoms with Crippen molar-refractivity contribution in [1.29, 1.82) is 0 Å². The van der Waals surface area contributed by atoms with E-state index in [0.717, 1.165) is 11.1 Å². The molecule has 2 nitrogen and oxygen atoms in total. The second kappa shape index (κ2) is 5.45. The molecular weight excluding hydrogens is 260 g/mol. The lowest BCUT2D eigenvalue weighted by molar-refractivity contribution is 0.103. The summed E-state index contributed by atoms with van der Waals surface area (Å²) in [6.07, 6.45) is 0. The number of halogens is 1. The van der Waals surface area contributed by atoms with Crippen molar-refractivity contribution < 1.29 is 9.53 Å². The third-order valence-electron chi connectivity index (χ3n) is 3.10. The number of hydrogen-bond donors (Lipinski definition) is 0. The fourth-order valence-electron chi connectivity index (χ4n) is 1.96. The third kappa shape index (κ3) is 2.64. The van der Waals surface area contributed by atoms with E-state index in [2.05, 4.69) is 0 Å². The van der Waals surface area contributed by atoms with Crippen LogP contribution in [0.25, 0.3) is 0 Å². The number of aryl methyl sites for hydroxylation is 2. The Balaban J connectivity index is 2.53. The van der Waals surface area contributed by atoms with Crippen molar-refractivity contribution in [2.75, 3.05) is 7.11 Å². The first-order valence-electron chi connectivity index (χ1n) is 5.99. The number of carbonyl (C=O) groups excluding carboxylic acids is 1. The van der Waals surface area contributed by atoms with Gasteiger partial charge >= 0.3 is 0 Å². The molecule has 0 saturated heterocycles. The Morgan fingerprint density at radius 2 is 1.79 bits per heavy atom. The molecule has 2 aromatic carbocycles. The number of carbonyl (C=O) groups is 1. The van der Waals surface area contributed by atoms with Gasteiger partial charge in [0.2, 0.25) is 0 Å². The number of hydrogen-bond acceptors (Lipinski definition) is 2. The Morgan fingerprint density at radius 1 is 1.11 bits per heavy atom. The average molecular weight is 275 g/mol. The van der Waals surface area contributed by atoms with E-state index in [4.69, 9.17) is 16.3 Å². The molecule has 0 aliphatic rings.